The summed E-state index contributed by atoms with van der Waals surface area (Å²) in [5, 5.41) is 0. The summed E-state index contributed by atoms with van der Waals surface area (Å²) in [4.78, 5) is 13.4. The van der Waals surface area contributed by atoms with Crippen molar-refractivity contribution in [2.45, 2.75) is 26.3 Å². The predicted octanol–water partition coefficient (Wildman–Crippen LogP) is 2.54. The lowest BCUT2D eigenvalue weighted by atomic mass is 10.0. The van der Waals surface area contributed by atoms with E-state index in [1.165, 1.54) is 0 Å². The molecule has 0 saturated heterocycles. The lowest BCUT2D eigenvalue weighted by Crippen LogP contribution is -2.31. The maximum Gasteiger partial charge on any atom is 0.246 e. The van der Waals surface area contributed by atoms with Gasteiger partial charge in [-0.2, -0.15) is 0 Å². The van der Waals surface area contributed by atoms with Gasteiger partial charge in [0.15, 0.2) is 0 Å². The number of likely N-dealkylation sites (N-methyl/N-ethyl adjacent to an activating group) is 1. The van der Waals surface area contributed by atoms with Gasteiger partial charge in [0, 0.05) is 13.1 Å². The minimum absolute atomic E-state index is 0.0768. The van der Waals surface area contributed by atoms with E-state index < -0.39 is 0 Å². The van der Waals surface area contributed by atoms with Gasteiger partial charge in [0.1, 0.15) is 0 Å². The molecule has 2 nitrogen and oxygen atoms in total. The second-order valence-corrected chi connectivity index (χ2v) is 4.11. The van der Waals surface area contributed by atoms with Crippen LogP contribution in [0.25, 0.3) is 0 Å². The lowest BCUT2D eigenvalue weighted by molar-refractivity contribution is -0.126. The largest absolute Gasteiger partial charge is 0.340 e. The number of rotatable bonds is 3. The molecule has 1 aliphatic rings. The van der Waals surface area contributed by atoms with Gasteiger partial charge in [-0.1, -0.05) is 30.4 Å². The monoisotopic (exact) mass is 205 g/mol. The molecule has 82 valence electrons. The minimum atomic E-state index is 0.0768. The minimum Gasteiger partial charge on any atom is -0.340 e. The first-order valence-corrected chi connectivity index (χ1v) is 5.39. The van der Waals surface area contributed by atoms with Gasteiger partial charge >= 0.3 is 0 Å². The summed E-state index contributed by atoms with van der Waals surface area (Å²) >= 11 is 0. The molecule has 2 heteroatoms. The molecule has 0 bridgehead atoms. The van der Waals surface area contributed by atoms with Gasteiger partial charge < -0.3 is 4.90 Å². The van der Waals surface area contributed by atoms with Crippen molar-refractivity contribution in [1.29, 1.82) is 0 Å². The number of amides is 1. The zero-order valence-electron chi connectivity index (χ0n) is 9.68. The topological polar surface area (TPSA) is 20.3 Å². The van der Waals surface area contributed by atoms with E-state index in [1.54, 1.807) is 11.0 Å². The fraction of sp³-hybridized carbons (Fsp3) is 0.462. The highest BCUT2D eigenvalue weighted by molar-refractivity contribution is 5.87. The molecule has 0 aromatic heterocycles. The fourth-order valence-electron chi connectivity index (χ4n) is 1.32. The zero-order valence-corrected chi connectivity index (χ0v) is 9.68. The van der Waals surface area contributed by atoms with Crippen LogP contribution in [-0.2, 0) is 4.79 Å². The first kappa shape index (κ1) is 11.8. The first-order valence-electron chi connectivity index (χ1n) is 5.39. The Morgan fingerprint density at radius 1 is 1.47 bits per heavy atom. The van der Waals surface area contributed by atoms with E-state index in [0.29, 0.717) is 5.92 Å². The van der Waals surface area contributed by atoms with E-state index >= 15 is 0 Å². The Kier molecular flexibility index (Phi) is 4.35. The highest BCUT2D eigenvalue weighted by Gasteiger charge is 2.08. The van der Waals surface area contributed by atoms with Crippen molar-refractivity contribution in [3.63, 3.8) is 0 Å². The Bertz CT molecular complexity index is 300. The van der Waals surface area contributed by atoms with Crippen LogP contribution in [0.5, 0.6) is 0 Å². The number of hydrogen-bond donors (Lipinski definition) is 0. The van der Waals surface area contributed by atoms with Crippen LogP contribution < -0.4 is 0 Å². The van der Waals surface area contributed by atoms with Gasteiger partial charge in [-0.15, -0.1) is 0 Å². The second-order valence-electron chi connectivity index (χ2n) is 4.11. The van der Waals surface area contributed by atoms with E-state index in [0.717, 1.165) is 6.42 Å². The summed E-state index contributed by atoms with van der Waals surface area (Å²) in [5.74, 6) is 0.451. The molecule has 0 aliphatic heterocycles. The highest BCUT2D eigenvalue weighted by Crippen LogP contribution is 2.12. The molecule has 1 atom stereocenters. The van der Waals surface area contributed by atoms with E-state index in [-0.39, 0.29) is 11.9 Å². The molecule has 15 heavy (non-hydrogen) atoms. The molecule has 0 saturated carbocycles. The van der Waals surface area contributed by atoms with Crippen LogP contribution >= 0.6 is 0 Å². The Morgan fingerprint density at radius 2 is 2.20 bits per heavy atom. The Labute approximate surface area is 92.0 Å². The average Bonchev–Trinajstić information content (AvgIpc) is 2.26. The summed E-state index contributed by atoms with van der Waals surface area (Å²) in [5.41, 5.74) is 0. The molecule has 0 spiro atoms. The molecule has 1 amide bonds. The molecule has 0 N–H and O–H groups in total. The van der Waals surface area contributed by atoms with Gasteiger partial charge in [-0.25, -0.2) is 0 Å². The van der Waals surface area contributed by atoms with Crippen LogP contribution in [0, 0.1) is 5.92 Å². The average molecular weight is 205 g/mol. The Balaban J connectivity index is 2.47. The molecule has 0 heterocycles. The molecule has 0 aromatic carbocycles. The van der Waals surface area contributed by atoms with Crippen LogP contribution in [-0.4, -0.2) is 23.9 Å². The van der Waals surface area contributed by atoms with Crippen molar-refractivity contribution in [1.82, 2.24) is 4.90 Å². The van der Waals surface area contributed by atoms with Crippen LogP contribution in [0.2, 0.25) is 0 Å². The summed E-state index contributed by atoms with van der Waals surface area (Å²) in [7, 11) is 1.83. The number of carbonyl (C=O) groups is 1. The van der Waals surface area contributed by atoms with Crippen LogP contribution in [0.3, 0.4) is 0 Å². The van der Waals surface area contributed by atoms with Crippen molar-refractivity contribution >= 4 is 5.91 Å². The van der Waals surface area contributed by atoms with E-state index in [1.807, 2.05) is 39.1 Å². The standard InChI is InChI=1S/C13H19NO/c1-11(2)14(3)13(15)10-9-12-7-5-4-6-8-12/h4-7,9-12H,8H2,1-3H3/b10-9+. The van der Waals surface area contributed by atoms with Gasteiger partial charge in [-0.05, 0) is 32.3 Å². The zero-order chi connectivity index (χ0) is 11.3. The molecule has 0 radical (unpaired) electrons. The van der Waals surface area contributed by atoms with Crippen molar-refractivity contribution in [2.75, 3.05) is 7.05 Å². The number of carbonyl (C=O) groups excluding carboxylic acids is 1. The van der Waals surface area contributed by atoms with Gasteiger partial charge in [0.25, 0.3) is 0 Å². The van der Waals surface area contributed by atoms with Crippen molar-refractivity contribution in [3.8, 4) is 0 Å². The van der Waals surface area contributed by atoms with E-state index in [9.17, 15) is 4.79 Å². The maximum absolute atomic E-state index is 11.6. The molecule has 1 aliphatic carbocycles. The normalized spacial score (nSPS) is 20.1. The third-order valence-corrected chi connectivity index (χ3v) is 2.62. The molecule has 0 fully saturated rings. The number of hydrogen-bond acceptors (Lipinski definition) is 1. The highest BCUT2D eigenvalue weighted by atomic mass is 16.2. The summed E-state index contributed by atoms with van der Waals surface area (Å²) < 4.78 is 0. The number of nitrogens with zero attached hydrogens (tertiary/aromatic N) is 1. The third kappa shape index (κ3) is 3.74. The van der Waals surface area contributed by atoms with Crippen molar-refractivity contribution in [3.05, 3.63) is 36.5 Å². The van der Waals surface area contributed by atoms with E-state index in [4.69, 9.17) is 0 Å². The summed E-state index contributed by atoms with van der Waals surface area (Å²) in [6, 6.07) is 0.254. The van der Waals surface area contributed by atoms with Crippen molar-refractivity contribution < 1.29 is 4.79 Å². The SMILES string of the molecule is CC(C)N(C)C(=O)/C=C/C1C=CC=CC1. The first-order chi connectivity index (χ1) is 7.11. The molecular formula is C13H19NO. The fourth-order valence-corrected chi connectivity index (χ4v) is 1.32. The molecule has 1 rings (SSSR count). The molecule has 0 aromatic rings. The summed E-state index contributed by atoms with van der Waals surface area (Å²) in [6.07, 6.45) is 12.9. The van der Waals surface area contributed by atoms with Crippen LogP contribution in [0.4, 0.5) is 0 Å². The smallest absolute Gasteiger partial charge is 0.246 e. The molecule has 1 unspecified atom stereocenters. The van der Waals surface area contributed by atoms with E-state index in [2.05, 4.69) is 12.2 Å². The Hall–Kier alpha value is -1.31. The molecular weight excluding hydrogens is 186 g/mol. The van der Waals surface area contributed by atoms with Crippen molar-refractivity contribution in [2.24, 2.45) is 5.92 Å². The lowest BCUT2D eigenvalue weighted by Gasteiger charge is -2.19. The second kappa shape index (κ2) is 5.54. The van der Waals surface area contributed by atoms with Gasteiger partial charge in [0.2, 0.25) is 5.91 Å². The number of allylic oxidation sites excluding steroid dienone is 5. The quantitative estimate of drug-likeness (QED) is 0.648. The van der Waals surface area contributed by atoms with Crippen LogP contribution in [0.15, 0.2) is 36.5 Å². The van der Waals surface area contributed by atoms with Crippen LogP contribution in [0.1, 0.15) is 20.3 Å². The summed E-state index contributed by atoms with van der Waals surface area (Å²) in [6.45, 7) is 4.02. The van der Waals surface area contributed by atoms with Gasteiger partial charge in [-0.3, -0.25) is 4.79 Å². The third-order valence-electron chi connectivity index (χ3n) is 2.62. The van der Waals surface area contributed by atoms with Gasteiger partial charge in [0.05, 0.1) is 0 Å². The maximum atomic E-state index is 11.6. The Morgan fingerprint density at radius 3 is 2.73 bits per heavy atom. The predicted molar refractivity (Wildman–Crippen MR) is 63.4 cm³/mol.